The minimum atomic E-state index is -0.844. The van der Waals surface area contributed by atoms with Gasteiger partial charge in [0.2, 0.25) is 0 Å². The molecule has 1 N–H and O–H groups in total. The van der Waals surface area contributed by atoms with Crippen molar-refractivity contribution in [1.82, 2.24) is 4.90 Å². The fourth-order valence-corrected chi connectivity index (χ4v) is 4.55. The number of carboxylic acid groups (broad SMARTS) is 1. The summed E-state index contributed by atoms with van der Waals surface area (Å²) in [4.78, 5) is 16.4. The lowest BCUT2D eigenvalue weighted by Crippen LogP contribution is -2.56. The van der Waals surface area contributed by atoms with E-state index in [4.69, 9.17) is 4.74 Å². The minimum Gasteiger partial charge on any atom is -0.494 e. The molecule has 1 aliphatic carbocycles. The van der Waals surface area contributed by atoms with Crippen LogP contribution in [0.3, 0.4) is 0 Å². The first kappa shape index (κ1) is 22.8. The van der Waals surface area contributed by atoms with E-state index < -0.39 is 6.09 Å². The zero-order chi connectivity index (χ0) is 19.1. The molecule has 2 aliphatic rings. The molecule has 0 bridgehead atoms. The van der Waals surface area contributed by atoms with Gasteiger partial charge in [-0.05, 0) is 69.5 Å². The van der Waals surface area contributed by atoms with E-state index in [0.717, 1.165) is 56.6 Å². The Kier molecular flexibility index (Phi) is 9.39. The molecule has 0 unspecified atom stereocenters. The Labute approximate surface area is 175 Å². The van der Waals surface area contributed by atoms with Crippen LogP contribution < -0.4 is 9.64 Å². The van der Waals surface area contributed by atoms with E-state index in [1.165, 1.54) is 25.7 Å². The summed E-state index contributed by atoms with van der Waals surface area (Å²) >= 11 is 0. The third kappa shape index (κ3) is 5.77. The first-order valence-electron chi connectivity index (χ1n) is 10.7. The van der Waals surface area contributed by atoms with Crippen molar-refractivity contribution in [2.75, 3.05) is 24.6 Å². The lowest BCUT2D eigenvalue weighted by atomic mass is 9.86. The molecule has 1 saturated heterocycles. The summed E-state index contributed by atoms with van der Waals surface area (Å²) in [5.41, 5.74) is 0.763. The number of amides is 1. The number of unbranched alkanes of at least 4 members (excludes halogenated alkanes) is 1. The van der Waals surface area contributed by atoms with E-state index in [9.17, 15) is 9.90 Å². The van der Waals surface area contributed by atoms with Crippen LogP contribution in [0.25, 0.3) is 0 Å². The fourth-order valence-electron chi connectivity index (χ4n) is 4.55. The molecule has 0 radical (unpaired) electrons. The summed E-state index contributed by atoms with van der Waals surface area (Å²) in [7, 11) is 0. The SMILES string of the molecule is CCCCOc1ccc(N(C(=O)O)[C@@H]2CCCC[C@H]2N2CCCCC2)cc1.Cl. The molecular weight excluding hydrogens is 376 g/mol. The molecule has 1 amide bonds. The number of ether oxygens (including phenoxy) is 1. The number of anilines is 1. The van der Waals surface area contributed by atoms with Gasteiger partial charge in [-0.2, -0.15) is 0 Å². The molecule has 3 rings (SSSR count). The Bertz CT molecular complexity index is 590. The second kappa shape index (κ2) is 11.5. The first-order valence-corrected chi connectivity index (χ1v) is 10.7. The molecule has 1 aliphatic heterocycles. The summed E-state index contributed by atoms with van der Waals surface area (Å²) in [6.45, 7) is 5.07. The third-order valence-electron chi connectivity index (χ3n) is 5.97. The van der Waals surface area contributed by atoms with Crippen LogP contribution in [0.15, 0.2) is 24.3 Å². The zero-order valence-electron chi connectivity index (χ0n) is 17.0. The maximum atomic E-state index is 12.2. The Balaban J connectivity index is 0.00000280. The standard InChI is InChI=1S/C22H34N2O3.ClH/c1-2-3-17-27-19-13-11-18(12-14-19)24(22(25)26)21-10-6-5-9-20(21)23-15-7-4-8-16-23;/h11-14,20-21H,2-10,15-17H2,1H3,(H,25,26);1H/t20-,21-;/m1./s1. The van der Waals surface area contributed by atoms with E-state index in [0.29, 0.717) is 12.6 Å². The molecule has 2 atom stereocenters. The van der Waals surface area contributed by atoms with Crippen molar-refractivity contribution in [2.24, 2.45) is 0 Å². The second-order valence-corrected chi connectivity index (χ2v) is 7.86. The quantitative estimate of drug-likeness (QED) is 0.597. The predicted molar refractivity (Wildman–Crippen MR) is 116 cm³/mol. The van der Waals surface area contributed by atoms with E-state index >= 15 is 0 Å². The maximum absolute atomic E-state index is 12.2. The van der Waals surface area contributed by atoms with Crippen LogP contribution in [0.5, 0.6) is 5.75 Å². The monoisotopic (exact) mass is 410 g/mol. The van der Waals surface area contributed by atoms with Crippen LogP contribution in [0.1, 0.15) is 64.7 Å². The van der Waals surface area contributed by atoms with Gasteiger partial charge in [0, 0.05) is 11.7 Å². The Morgan fingerprint density at radius 2 is 1.79 bits per heavy atom. The number of carbonyl (C=O) groups is 1. The molecular formula is C22H35ClN2O3. The van der Waals surface area contributed by atoms with Crippen molar-refractivity contribution in [2.45, 2.75) is 76.8 Å². The van der Waals surface area contributed by atoms with Crippen LogP contribution in [0.2, 0.25) is 0 Å². The average Bonchev–Trinajstić information content (AvgIpc) is 2.70. The van der Waals surface area contributed by atoms with Crippen LogP contribution in [0.4, 0.5) is 10.5 Å². The Morgan fingerprint density at radius 1 is 1.11 bits per heavy atom. The topological polar surface area (TPSA) is 53.0 Å². The van der Waals surface area contributed by atoms with Gasteiger partial charge in [-0.1, -0.05) is 32.6 Å². The summed E-state index contributed by atoms with van der Waals surface area (Å²) in [5.74, 6) is 0.814. The lowest BCUT2D eigenvalue weighted by molar-refractivity contribution is 0.109. The summed E-state index contributed by atoms with van der Waals surface area (Å²) < 4.78 is 5.73. The van der Waals surface area contributed by atoms with Gasteiger partial charge in [-0.15, -0.1) is 12.4 Å². The van der Waals surface area contributed by atoms with E-state index in [1.54, 1.807) is 4.90 Å². The highest BCUT2D eigenvalue weighted by atomic mass is 35.5. The van der Waals surface area contributed by atoms with Gasteiger partial charge in [0.1, 0.15) is 5.75 Å². The smallest absolute Gasteiger partial charge is 0.412 e. The molecule has 1 saturated carbocycles. The molecule has 1 aromatic carbocycles. The molecule has 158 valence electrons. The number of nitrogens with zero attached hydrogens (tertiary/aromatic N) is 2. The number of halogens is 1. The highest BCUT2D eigenvalue weighted by molar-refractivity contribution is 5.87. The molecule has 28 heavy (non-hydrogen) atoms. The highest BCUT2D eigenvalue weighted by Crippen LogP contribution is 2.33. The van der Waals surface area contributed by atoms with Crippen molar-refractivity contribution < 1.29 is 14.6 Å². The maximum Gasteiger partial charge on any atom is 0.412 e. The van der Waals surface area contributed by atoms with Gasteiger partial charge in [0.15, 0.2) is 0 Å². The minimum absolute atomic E-state index is 0. The van der Waals surface area contributed by atoms with Gasteiger partial charge in [-0.25, -0.2) is 4.79 Å². The number of piperidine rings is 1. The summed E-state index contributed by atoms with van der Waals surface area (Å²) in [5, 5.41) is 10.0. The van der Waals surface area contributed by atoms with Crippen LogP contribution in [-0.2, 0) is 0 Å². The van der Waals surface area contributed by atoms with E-state index in [1.807, 2.05) is 24.3 Å². The van der Waals surface area contributed by atoms with Crippen LogP contribution in [0, 0.1) is 0 Å². The largest absolute Gasteiger partial charge is 0.494 e. The number of hydrogen-bond donors (Lipinski definition) is 1. The van der Waals surface area contributed by atoms with E-state index in [-0.39, 0.29) is 18.4 Å². The van der Waals surface area contributed by atoms with Crippen molar-refractivity contribution in [3.05, 3.63) is 24.3 Å². The van der Waals surface area contributed by atoms with Crippen molar-refractivity contribution in [1.29, 1.82) is 0 Å². The molecule has 1 aromatic rings. The lowest BCUT2D eigenvalue weighted by Gasteiger charge is -2.45. The van der Waals surface area contributed by atoms with Crippen molar-refractivity contribution in [3.8, 4) is 5.75 Å². The van der Waals surface area contributed by atoms with Gasteiger partial charge in [0.05, 0.1) is 12.6 Å². The molecule has 0 spiro atoms. The number of benzene rings is 1. The molecule has 2 fully saturated rings. The Morgan fingerprint density at radius 3 is 2.43 bits per heavy atom. The molecule has 0 aromatic heterocycles. The number of hydrogen-bond acceptors (Lipinski definition) is 3. The molecule has 1 heterocycles. The van der Waals surface area contributed by atoms with Gasteiger partial charge >= 0.3 is 6.09 Å². The third-order valence-corrected chi connectivity index (χ3v) is 5.97. The fraction of sp³-hybridized carbons (Fsp3) is 0.682. The van der Waals surface area contributed by atoms with Gasteiger partial charge < -0.3 is 9.84 Å². The number of likely N-dealkylation sites (tertiary alicyclic amines) is 1. The van der Waals surface area contributed by atoms with Crippen molar-refractivity contribution in [3.63, 3.8) is 0 Å². The Hall–Kier alpha value is -1.46. The predicted octanol–water partition coefficient (Wildman–Crippen LogP) is 5.57. The zero-order valence-corrected chi connectivity index (χ0v) is 17.8. The van der Waals surface area contributed by atoms with Gasteiger partial charge in [0.25, 0.3) is 0 Å². The van der Waals surface area contributed by atoms with Crippen LogP contribution >= 0.6 is 12.4 Å². The first-order chi connectivity index (χ1) is 13.2. The average molecular weight is 411 g/mol. The van der Waals surface area contributed by atoms with Crippen molar-refractivity contribution >= 4 is 24.2 Å². The summed E-state index contributed by atoms with van der Waals surface area (Å²) in [6.07, 6.45) is 9.42. The normalized spacial score (nSPS) is 22.9. The second-order valence-electron chi connectivity index (χ2n) is 7.86. The van der Waals surface area contributed by atoms with E-state index in [2.05, 4.69) is 11.8 Å². The molecule has 6 heteroatoms. The van der Waals surface area contributed by atoms with Crippen LogP contribution in [-0.4, -0.2) is 47.9 Å². The van der Waals surface area contributed by atoms with Gasteiger partial charge in [-0.3, -0.25) is 9.80 Å². The summed E-state index contributed by atoms with van der Waals surface area (Å²) in [6, 6.07) is 7.99. The molecule has 5 nitrogen and oxygen atoms in total. The highest BCUT2D eigenvalue weighted by Gasteiger charge is 2.37. The number of rotatable bonds is 7.